The maximum atomic E-state index is 12.9. The fourth-order valence-electron chi connectivity index (χ4n) is 3.74. The molecule has 1 aliphatic heterocycles. The number of amides is 1. The lowest BCUT2D eigenvalue weighted by molar-refractivity contribution is -0.121. The van der Waals surface area contributed by atoms with Gasteiger partial charge in [0.05, 0.1) is 32.6 Å². The van der Waals surface area contributed by atoms with Gasteiger partial charge in [-0.3, -0.25) is 9.69 Å². The van der Waals surface area contributed by atoms with Gasteiger partial charge in [0.1, 0.15) is 0 Å². The normalized spacial score (nSPS) is 14.7. The van der Waals surface area contributed by atoms with E-state index in [0.717, 1.165) is 43.1 Å². The number of piperidine rings is 1. The molecule has 0 bridgehead atoms. The van der Waals surface area contributed by atoms with Crippen LogP contribution in [0.1, 0.15) is 28.8 Å². The zero-order valence-corrected chi connectivity index (χ0v) is 18.7. The number of rotatable bonds is 7. The topological polar surface area (TPSA) is 77.1 Å². The van der Waals surface area contributed by atoms with Crippen LogP contribution in [0, 0.1) is 5.92 Å². The molecule has 2 aromatic carbocycles. The third-order valence-corrected chi connectivity index (χ3v) is 5.68. The zero-order chi connectivity index (χ0) is 22.4. The molecule has 0 aliphatic carbocycles. The van der Waals surface area contributed by atoms with Crippen LogP contribution >= 0.6 is 11.6 Å². The predicted octanol–water partition coefficient (Wildman–Crippen LogP) is 3.99. The molecule has 1 heterocycles. The summed E-state index contributed by atoms with van der Waals surface area (Å²) in [4.78, 5) is 27.4. The van der Waals surface area contributed by atoms with Gasteiger partial charge in [-0.05, 0) is 43.6 Å². The molecule has 1 N–H and O–H groups in total. The van der Waals surface area contributed by atoms with Gasteiger partial charge in [-0.1, -0.05) is 23.7 Å². The van der Waals surface area contributed by atoms with Gasteiger partial charge in [0.15, 0.2) is 11.5 Å². The number of anilines is 1. The van der Waals surface area contributed by atoms with Crippen molar-refractivity contribution >= 4 is 29.2 Å². The minimum atomic E-state index is -0.562. The Morgan fingerprint density at radius 3 is 2.35 bits per heavy atom. The number of methoxy groups -OCH3 is 3. The van der Waals surface area contributed by atoms with Crippen LogP contribution in [-0.4, -0.2) is 51.2 Å². The highest BCUT2D eigenvalue weighted by atomic mass is 35.5. The first-order valence-electron chi connectivity index (χ1n) is 10.1. The summed E-state index contributed by atoms with van der Waals surface area (Å²) in [6.07, 6.45) is 1.46. The second-order valence-corrected chi connectivity index (χ2v) is 7.85. The van der Waals surface area contributed by atoms with E-state index < -0.39 is 5.97 Å². The molecule has 7 nitrogen and oxygen atoms in total. The number of esters is 1. The van der Waals surface area contributed by atoms with Crippen molar-refractivity contribution in [3.05, 3.63) is 52.5 Å². The Morgan fingerprint density at radius 1 is 1.06 bits per heavy atom. The lowest BCUT2D eigenvalue weighted by atomic mass is 9.95. The van der Waals surface area contributed by atoms with Crippen LogP contribution in [0.15, 0.2) is 36.4 Å². The molecule has 0 aromatic heterocycles. The molecule has 0 saturated carbocycles. The second-order valence-electron chi connectivity index (χ2n) is 7.41. The van der Waals surface area contributed by atoms with Crippen LogP contribution in [-0.2, 0) is 16.1 Å². The van der Waals surface area contributed by atoms with E-state index >= 15 is 0 Å². The number of carbonyl (C=O) groups excluding carboxylic acids is 2. The van der Waals surface area contributed by atoms with Gasteiger partial charge in [0, 0.05) is 29.6 Å². The van der Waals surface area contributed by atoms with Crippen molar-refractivity contribution < 1.29 is 23.8 Å². The summed E-state index contributed by atoms with van der Waals surface area (Å²) in [7, 11) is 4.27. The molecule has 31 heavy (non-hydrogen) atoms. The molecular formula is C23H27ClN2O5. The molecule has 1 amide bonds. The van der Waals surface area contributed by atoms with Gasteiger partial charge < -0.3 is 19.5 Å². The largest absolute Gasteiger partial charge is 0.493 e. The number of halogens is 1. The molecule has 0 unspecified atom stereocenters. The summed E-state index contributed by atoms with van der Waals surface area (Å²) in [6, 6.07) is 10.9. The van der Waals surface area contributed by atoms with E-state index in [2.05, 4.69) is 16.3 Å². The summed E-state index contributed by atoms with van der Waals surface area (Å²) < 4.78 is 15.4. The number of nitrogens with one attached hydrogen (secondary N) is 1. The van der Waals surface area contributed by atoms with Crippen LogP contribution in [0.4, 0.5) is 5.69 Å². The van der Waals surface area contributed by atoms with E-state index in [1.165, 1.54) is 27.4 Å². The predicted molar refractivity (Wildman–Crippen MR) is 119 cm³/mol. The molecule has 2 aromatic rings. The molecule has 1 saturated heterocycles. The van der Waals surface area contributed by atoms with E-state index in [0.29, 0.717) is 17.2 Å². The number of nitrogens with zero attached hydrogens (tertiary/aromatic N) is 1. The Hall–Kier alpha value is -2.77. The average molecular weight is 447 g/mol. The second kappa shape index (κ2) is 10.5. The maximum Gasteiger partial charge on any atom is 0.340 e. The van der Waals surface area contributed by atoms with Crippen LogP contribution in [0.3, 0.4) is 0 Å². The van der Waals surface area contributed by atoms with E-state index in [9.17, 15) is 9.59 Å². The van der Waals surface area contributed by atoms with Gasteiger partial charge in [-0.2, -0.15) is 0 Å². The minimum absolute atomic E-state index is 0.125. The lowest BCUT2D eigenvalue weighted by Gasteiger charge is -2.31. The van der Waals surface area contributed by atoms with Gasteiger partial charge >= 0.3 is 5.97 Å². The quantitative estimate of drug-likeness (QED) is 0.648. The van der Waals surface area contributed by atoms with Crippen molar-refractivity contribution in [2.24, 2.45) is 5.92 Å². The van der Waals surface area contributed by atoms with Crippen molar-refractivity contribution in [3.8, 4) is 11.5 Å². The lowest BCUT2D eigenvalue weighted by Crippen LogP contribution is -2.37. The summed E-state index contributed by atoms with van der Waals surface area (Å²) in [5, 5.41) is 3.61. The number of ether oxygens (including phenoxy) is 3. The van der Waals surface area contributed by atoms with Gasteiger partial charge in [-0.25, -0.2) is 4.79 Å². The number of hydrogen-bond acceptors (Lipinski definition) is 6. The standard InChI is InChI=1S/C23H27ClN2O5/c1-29-20-12-18(23(28)31-3)19(13-21(20)30-2)25-22(27)16-7-9-26(10-8-16)14-15-5-4-6-17(24)11-15/h4-6,11-13,16H,7-10,14H2,1-3H3,(H,25,27). The van der Waals surface area contributed by atoms with Gasteiger partial charge in [-0.15, -0.1) is 0 Å². The molecule has 1 aliphatic rings. The van der Waals surface area contributed by atoms with E-state index in [4.69, 9.17) is 25.8 Å². The smallest absolute Gasteiger partial charge is 0.340 e. The number of hydrogen-bond donors (Lipinski definition) is 1. The Labute approximate surface area is 187 Å². The van der Waals surface area contributed by atoms with Crippen molar-refractivity contribution in [3.63, 3.8) is 0 Å². The van der Waals surface area contributed by atoms with Crippen molar-refractivity contribution in [1.82, 2.24) is 4.90 Å². The Bertz CT molecular complexity index is 942. The molecule has 0 spiro atoms. The first kappa shape index (κ1) is 22.9. The molecule has 1 fully saturated rings. The Kier molecular flexibility index (Phi) is 7.76. The fraction of sp³-hybridized carbons (Fsp3) is 0.391. The highest BCUT2D eigenvalue weighted by Crippen LogP contribution is 2.34. The number of carbonyl (C=O) groups is 2. The average Bonchev–Trinajstić information content (AvgIpc) is 2.78. The first-order valence-corrected chi connectivity index (χ1v) is 10.4. The SMILES string of the molecule is COC(=O)c1cc(OC)c(OC)cc1NC(=O)C1CCN(Cc2cccc(Cl)c2)CC1. The summed E-state index contributed by atoms with van der Waals surface area (Å²) in [6.45, 7) is 2.41. The summed E-state index contributed by atoms with van der Waals surface area (Å²) >= 11 is 6.07. The molecule has 166 valence electrons. The van der Waals surface area contributed by atoms with Crippen molar-refractivity contribution in [1.29, 1.82) is 0 Å². The minimum Gasteiger partial charge on any atom is -0.493 e. The molecule has 0 atom stereocenters. The number of likely N-dealkylation sites (tertiary alicyclic amines) is 1. The van der Waals surface area contributed by atoms with Crippen LogP contribution in [0.25, 0.3) is 0 Å². The van der Waals surface area contributed by atoms with Crippen LogP contribution in [0.2, 0.25) is 5.02 Å². The number of benzene rings is 2. The van der Waals surface area contributed by atoms with E-state index in [-0.39, 0.29) is 17.4 Å². The molecular weight excluding hydrogens is 420 g/mol. The maximum absolute atomic E-state index is 12.9. The third-order valence-electron chi connectivity index (χ3n) is 5.44. The summed E-state index contributed by atoms with van der Waals surface area (Å²) in [5.41, 5.74) is 1.71. The van der Waals surface area contributed by atoms with Crippen molar-refractivity contribution in [2.45, 2.75) is 19.4 Å². The van der Waals surface area contributed by atoms with E-state index in [1.54, 1.807) is 6.07 Å². The highest BCUT2D eigenvalue weighted by molar-refractivity contribution is 6.30. The van der Waals surface area contributed by atoms with Crippen LogP contribution < -0.4 is 14.8 Å². The van der Waals surface area contributed by atoms with E-state index in [1.807, 2.05) is 18.2 Å². The van der Waals surface area contributed by atoms with Gasteiger partial charge in [0.2, 0.25) is 5.91 Å². The first-order chi connectivity index (χ1) is 14.9. The monoisotopic (exact) mass is 446 g/mol. The Balaban J connectivity index is 1.66. The van der Waals surface area contributed by atoms with Crippen molar-refractivity contribution in [2.75, 3.05) is 39.7 Å². The highest BCUT2D eigenvalue weighted by Gasteiger charge is 2.27. The molecule has 8 heteroatoms. The third kappa shape index (κ3) is 5.68. The fourth-order valence-corrected chi connectivity index (χ4v) is 3.96. The van der Waals surface area contributed by atoms with Gasteiger partial charge in [0.25, 0.3) is 0 Å². The molecule has 3 rings (SSSR count). The van der Waals surface area contributed by atoms with Crippen LogP contribution in [0.5, 0.6) is 11.5 Å². The zero-order valence-electron chi connectivity index (χ0n) is 17.9. The Morgan fingerprint density at radius 2 is 1.74 bits per heavy atom. The molecule has 0 radical (unpaired) electrons. The summed E-state index contributed by atoms with van der Waals surface area (Å²) in [5.74, 6) is -0.0291.